The molecule has 0 atom stereocenters. The van der Waals surface area contributed by atoms with Gasteiger partial charge in [0.2, 0.25) is 0 Å². The maximum atomic E-state index is 2.24. The maximum Gasteiger partial charge on any atom is 0.0391 e. The van der Waals surface area contributed by atoms with E-state index in [4.69, 9.17) is 0 Å². The molecule has 0 heterocycles. The van der Waals surface area contributed by atoms with E-state index in [2.05, 4.69) is 64.0 Å². The van der Waals surface area contributed by atoms with Crippen LogP contribution in [0.15, 0.2) is 24.3 Å². The van der Waals surface area contributed by atoms with Crippen LogP contribution in [-0.2, 0) is 0 Å². The predicted molar refractivity (Wildman–Crippen MR) is 64.8 cm³/mol. The predicted octanol–water partition coefficient (Wildman–Crippen LogP) is 3.48. The van der Waals surface area contributed by atoms with Crippen LogP contribution in [0.5, 0.6) is 0 Å². The molecule has 0 aliphatic rings. The molecular formula is C13H19N. The van der Waals surface area contributed by atoms with Gasteiger partial charge in [-0.25, -0.2) is 0 Å². The molecule has 14 heavy (non-hydrogen) atoms. The van der Waals surface area contributed by atoms with Gasteiger partial charge in [-0.15, -0.1) is 0 Å². The van der Waals surface area contributed by atoms with Crippen LogP contribution in [0.4, 0.5) is 5.69 Å². The Labute approximate surface area is 87.1 Å². The van der Waals surface area contributed by atoms with Crippen molar-refractivity contribution < 1.29 is 0 Å². The van der Waals surface area contributed by atoms with Crippen molar-refractivity contribution in [1.29, 1.82) is 0 Å². The lowest BCUT2D eigenvalue weighted by Crippen LogP contribution is -2.10. The maximum absolute atomic E-state index is 2.24. The Hall–Kier alpha value is -1.24. The topological polar surface area (TPSA) is 3.24 Å². The summed E-state index contributed by atoms with van der Waals surface area (Å²) < 4.78 is 0. The first-order valence-corrected chi connectivity index (χ1v) is 4.97. The Kier molecular flexibility index (Phi) is 3.34. The fourth-order valence-corrected chi connectivity index (χ4v) is 1.57. The zero-order valence-corrected chi connectivity index (χ0v) is 9.76. The van der Waals surface area contributed by atoms with Gasteiger partial charge in [0.15, 0.2) is 0 Å². The highest BCUT2D eigenvalue weighted by Gasteiger charge is 2.02. The van der Waals surface area contributed by atoms with E-state index in [0.29, 0.717) is 0 Å². The minimum atomic E-state index is 1.29. The second-order valence-corrected chi connectivity index (χ2v) is 3.87. The Balaban J connectivity index is 3.13. The summed E-state index contributed by atoms with van der Waals surface area (Å²) in [5.41, 5.74) is 5.26. The van der Waals surface area contributed by atoms with E-state index in [1.54, 1.807) is 0 Å². The number of hydrogen-bond donors (Lipinski definition) is 0. The summed E-state index contributed by atoms with van der Waals surface area (Å²) in [6, 6.07) is 6.60. The fourth-order valence-electron chi connectivity index (χ4n) is 1.57. The number of hydrogen-bond acceptors (Lipinski definition) is 1. The summed E-state index contributed by atoms with van der Waals surface area (Å²) in [5.74, 6) is 0. The zero-order chi connectivity index (χ0) is 10.7. The first-order valence-electron chi connectivity index (χ1n) is 4.97. The number of benzene rings is 1. The Morgan fingerprint density at radius 1 is 1.29 bits per heavy atom. The highest BCUT2D eigenvalue weighted by Crippen LogP contribution is 2.22. The van der Waals surface area contributed by atoms with Crippen LogP contribution >= 0.6 is 0 Å². The second kappa shape index (κ2) is 4.32. The lowest BCUT2D eigenvalue weighted by molar-refractivity contribution is 1.11. The highest BCUT2D eigenvalue weighted by molar-refractivity contribution is 5.67. The molecule has 1 aromatic carbocycles. The molecule has 0 saturated heterocycles. The molecule has 0 saturated carbocycles. The lowest BCUT2D eigenvalue weighted by atomic mass is 10.0. The summed E-state index contributed by atoms with van der Waals surface area (Å²) in [7, 11) is 4.15. The lowest BCUT2D eigenvalue weighted by Gasteiger charge is -2.16. The molecule has 76 valence electrons. The van der Waals surface area contributed by atoms with E-state index in [-0.39, 0.29) is 0 Å². The van der Waals surface area contributed by atoms with E-state index >= 15 is 0 Å². The average Bonchev–Trinajstić information content (AvgIpc) is 2.15. The van der Waals surface area contributed by atoms with E-state index in [1.165, 1.54) is 22.4 Å². The molecule has 0 aromatic heterocycles. The van der Waals surface area contributed by atoms with Gasteiger partial charge in [-0.3, -0.25) is 0 Å². The van der Waals surface area contributed by atoms with Crippen LogP contribution in [0.1, 0.15) is 25.0 Å². The van der Waals surface area contributed by atoms with E-state index in [0.717, 1.165) is 0 Å². The van der Waals surface area contributed by atoms with Crippen molar-refractivity contribution in [3.05, 3.63) is 35.4 Å². The van der Waals surface area contributed by atoms with Gasteiger partial charge in [0.1, 0.15) is 0 Å². The van der Waals surface area contributed by atoms with Gasteiger partial charge in [-0.05, 0) is 49.6 Å². The first kappa shape index (κ1) is 10.8. The standard InChI is InChI=1S/C13H19N/c1-6-10(2)12-7-8-13(14(4)5)11(3)9-12/h6-9H,1-5H3. The molecule has 1 rings (SSSR count). The van der Waals surface area contributed by atoms with Crippen molar-refractivity contribution in [2.45, 2.75) is 20.8 Å². The number of aryl methyl sites for hydroxylation is 1. The first-order chi connectivity index (χ1) is 6.56. The SMILES string of the molecule is CC=C(C)c1ccc(N(C)C)c(C)c1. The molecule has 0 bridgehead atoms. The van der Waals surface area contributed by atoms with Crippen molar-refractivity contribution in [1.82, 2.24) is 0 Å². The second-order valence-electron chi connectivity index (χ2n) is 3.87. The van der Waals surface area contributed by atoms with Crippen molar-refractivity contribution in [3.8, 4) is 0 Å². The largest absolute Gasteiger partial charge is 0.377 e. The number of rotatable bonds is 2. The molecule has 1 heteroatoms. The Bertz CT molecular complexity index is 348. The van der Waals surface area contributed by atoms with Crippen molar-refractivity contribution >= 4 is 11.3 Å². The summed E-state index contributed by atoms with van der Waals surface area (Å²) in [4.78, 5) is 2.14. The van der Waals surface area contributed by atoms with Crippen LogP contribution in [0.2, 0.25) is 0 Å². The van der Waals surface area contributed by atoms with Crippen LogP contribution < -0.4 is 4.90 Å². The molecule has 0 aliphatic carbocycles. The molecule has 1 nitrogen and oxygen atoms in total. The molecule has 0 radical (unpaired) electrons. The van der Waals surface area contributed by atoms with Crippen LogP contribution in [0.3, 0.4) is 0 Å². The minimum Gasteiger partial charge on any atom is -0.377 e. The number of anilines is 1. The Morgan fingerprint density at radius 3 is 2.36 bits per heavy atom. The van der Waals surface area contributed by atoms with E-state index in [1.807, 2.05) is 0 Å². The summed E-state index contributed by atoms with van der Waals surface area (Å²) in [6.45, 7) is 6.37. The molecule has 0 N–H and O–H groups in total. The summed E-state index contributed by atoms with van der Waals surface area (Å²) >= 11 is 0. The normalized spacial score (nSPS) is 11.6. The molecule has 0 aliphatic heterocycles. The van der Waals surface area contributed by atoms with Crippen LogP contribution in [0.25, 0.3) is 5.57 Å². The average molecular weight is 189 g/mol. The fraction of sp³-hybridized carbons (Fsp3) is 0.385. The molecule has 0 unspecified atom stereocenters. The van der Waals surface area contributed by atoms with Gasteiger partial charge in [0, 0.05) is 19.8 Å². The van der Waals surface area contributed by atoms with Crippen LogP contribution in [0, 0.1) is 6.92 Å². The molecule has 0 fully saturated rings. The smallest absolute Gasteiger partial charge is 0.0391 e. The third kappa shape index (κ3) is 2.16. The monoisotopic (exact) mass is 189 g/mol. The third-order valence-electron chi connectivity index (χ3n) is 2.57. The van der Waals surface area contributed by atoms with Gasteiger partial charge >= 0.3 is 0 Å². The zero-order valence-electron chi connectivity index (χ0n) is 9.76. The quantitative estimate of drug-likeness (QED) is 0.688. The Morgan fingerprint density at radius 2 is 1.93 bits per heavy atom. The van der Waals surface area contributed by atoms with E-state index < -0.39 is 0 Å². The molecule has 1 aromatic rings. The molecule has 0 amide bonds. The van der Waals surface area contributed by atoms with Crippen molar-refractivity contribution in [2.24, 2.45) is 0 Å². The van der Waals surface area contributed by atoms with Gasteiger partial charge < -0.3 is 4.90 Å². The number of allylic oxidation sites excluding steroid dienone is 2. The van der Waals surface area contributed by atoms with Crippen molar-refractivity contribution in [2.75, 3.05) is 19.0 Å². The summed E-state index contributed by atoms with van der Waals surface area (Å²) in [5, 5.41) is 0. The van der Waals surface area contributed by atoms with Gasteiger partial charge in [-0.1, -0.05) is 12.1 Å². The highest BCUT2D eigenvalue weighted by atomic mass is 15.1. The van der Waals surface area contributed by atoms with Gasteiger partial charge in [0.05, 0.1) is 0 Å². The summed E-state index contributed by atoms with van der Waals surface area (Å²) in [6.07, 6.45) is 2.14. The molecule has 0 spiro atoms. The van der Waals surface area contributed by atoms with E-state index in [9.17, 15) is 0 Å². The number of nitrogens with zero attached hydrogens (tertiary/aromatic N) is 1. The third-order valence-corrected chi connectivity index (χ3v) is 2.57. The van der Waals surface area contributed by atoms with Gasteiger partial charge in [0.25, 0.3) is 0 Å². The minimum absolute atomic E-state index is 1.29. The van der Waals surface area contributed by atoms with Crippen LogP contribution in [-0.4, -0.2) is 14.1 Å². The van der Waals surface area contributed by atoms with Gasteiger partial charge in [-0.2, -0.15) is 0 Å². The van der Waals surface area contributed by atoms with Crippen molar-refractivity contribution in [3.63, 3.8) is 0 Å². The molecular weight excluding hydrogens is 170 g/mol.